The van der Waals surface area contributed by atoms with Crippen LogP contribution >= 0.6 is 34.8 Å². The van der Waals surface area contributed by atoms with Crippen molar-refractivity contribution in [2.75, 3.05) is 30.3 Å². The van der Waals surface area contributed by atoms with Crippen LogP contribution in [0.5, 0.6) is 5.75 Å². The monoisotopic (exact) mass is 478 g/mol. The van der Waals surface area contributed by atoms with Crippen LogP contribution in [0.1, 0.15) is 12.8 Å². The van der Waals surface area contributed by atoms with Gasteiger partial charge in [0.1, 0.15) is 12.4 Å². The summed E-state index contributed by atoms with van der Waals surface area (Å²) in [4.78, 5) is 12.0. The summed E-state index contributed by atoms with van der Waals surface area (Å²) in [6.45, 7) is 0.793. The van der Waals surface area contributed by atoms with Crippen molar-refractivity contribution < 1.29 is 17.9 Å². The Hall–Kier alpha value is -1.67. The number of hydrogen-bond acceptors (Lipinski definition) is 4. The number of sulfonamides is 1. The Morgan fingerprint density at radius 2 is 1.76 bits per heavy atom. The quantitative estimate of drug-likeness (QED) is 0.513. The number of nitrogens with zero attached hydrogens (tertiary/aromatic N) is 1. The third-order valence-electron chi connectivity index (χ3n) is 3.86. The van der Waals surface area contributed by atoms with E-state index in [0.717, 1.165) is 6.26 Å². The molecular formula is C19H21Cl3N2O4S. The lowest BCUT2D eigenvalue weighted by molar-refractivity contribution is -0.121. The lowest BCUT2D eigenvalue weighted by Crippen LogP contribution is -2.32. The van der Waals surface area contributed by atoms with Crippen LogP contribution in [-0.4, -0.2) is 40.3 Å². The minimum absolute atomic E-state index is 0.144. The van der Waals surface area contributed by atoms with Gasteiger partial charge in [-0.1, -0.05) is 34.8 Å². The van der Waals surface area contributed by atoms with E-state index in [0.29, 0.717) is 41.1 Å². The van der Waals surface area contributed by atoms with Crippen LogP contribution in [-0.2, 0) is 14.8 Å². The van der Waals surface area contributed by atoms with Gasteiger partial charge in [-0.05, 0) is 48.9 Å². The first-order valence-electron chi connectivity index (χ1n) is 8.74. The van der Waals surface area contributed by atoms with E-state index >= 15 is 0 Å². The van der Waals surface area contributed by atoms with E-state index in [4.69, 9.17) is 39.5 Å². The molecule has 0 radical (unpaired) electrons. The van der Waals surface area contributed by atoms with Crippen LogP contribution in [0.25, 0.3) is 0 Å². The van der Waals surface area contributed by atoms with Crippen molar-refractivity contribution in [2.24, 2.45) is 0 Å². The number of nitrogens with one attached hydrogen (secondary N) is 1. The Morgan fingerprint density at radius 3 is 2.38 bits per heavy atom. The van der Waals surface area contributed by atoms with Gasteiger partial charge >= 0.3 is 0 Å². The molecule has 1 N–H and O–H groups in total. The molecule has 6 nitrogen and oxygen atoms in total. The number of anilines is 1. The van der Waals surface area contributed by atoms with Crippen LogP contribution in [0.2, 0.25) is 15.1 Å². The average molecular weight is 480 g/mol. The molecule has 0 fully saturated rings. The molecule has 0 aliphatic heterocycles. The number of halogens is 3. The second-order valence-electron chi connectivity index (χ2n) is 6.19. The molecule has 29 heavy (non-hydrogen) atoms. The van der Waals surface area contributed by atoms with Gasteiger partial charge in [0.25, 0.3) is 0 Å². The van der Waals surface area contributed by atoms with Crippen molar-refractivity contribution in [3.8, 4) is 5.75 Å². The summed E-state index contributed by atoms with van der Waals surface area (Å²) in [5, 5.41) is 3.95. The summed E-state index contributed by atoms with van der Waals surface area (Å²) in [5.41, 5.74) is 0.402. The standard InChI is InChI=1S/C19H21Cl3N2O4S/c1-29(26,27)24(15-6-9-17(21)18(22)13-15)11-2-3-19(25)23-10-12-28-16-7-4-14(20)5-8-16/h4-9,13H,2-3,10-12H2,1H3,(H,23,25). The van der Waals surface area contributed by atoms with Gasteiger partial charge in [0.15, 0.2) is 0 Å². The second-order valence-corrected chi connectivity index (χ2v) is 9.35. The zero-order valence-corrected chi connectivity index (χ0v) is 18.8. The van der Waals surface area contributed by atoms with E-state index in [1.165, 1.54) is 16.4 Å². The lowest BCUT2D eigenvalue weighted by atomic mass is 10.2. The number of carbonyl (C=O) groups excluding carboxylic acids is 1. The van der Waals surface area contributed by atoms with Crippen molar-refractivity contribution in [1.29, 1.82) is 0 Å². The zero-order valence-electron chi connectivity index (χ0n) is 15.7. The summed E-state index contributed by atoms with van der Waals surface area (Å²) in [5.74, 6) is 0.473. The van der Waals surface area contributed by atoms with Crippen LogP contribution in [0.4, 0.5) is 5.69 Å². The van der Waals surface area contributed by atoms with E-state index in [1.54, 1.807) is 30.3 Å². The third kappa shape index (κ3) is 7.93. The van der Waals surface area contributed by atoms with E-state index in [1.807, 2.05) is 0 Å². The average Bonchev–Trinajstić information content (AvgIpc) is 2.65. The number of ether oxygens (including phenoxy) is 1. The molecule has 0 bridgehead atoms. The Kier molecular flexibility index (Phi) is 8.89. The Labute approximate surface area is 185 Å². The van der Waals surface area contributed by atoms with Crippen LogP contribution in [0.15, 0.2) is 42.5 Å². The highest BCUT2D eigenvalue weighted by Crippen LogP contribution is 2.28. The zero-order chi connectivity index (χ0) is 21.4. The first kappa shape index (κ1) is 23.6. The number of benzene rings is 2. The normalized spacial score (nSPS) is 11.2. The predicted octanol–water partition coefficient (Wildman–Crippen LogP) is 4.39. The number of amides is 1. The summed E-state index contributed by atoms with van der Waals surface area (Å²) < 4.78 is 30.9. The maximum atomic E-state index is 12.1. The number of hydrogen-bond donors (Lipinski definition) is 1. The van der Waals surface area contributed by atoms with Crippen LogP contribution < -0.4 is 14.4 Å². The van der Waals surface area contributed by atoms with E-state index in [9.17, 15) is 13.2 Å². The second kappa shape index (κ2) is 10.9. The smallest absolute Gasteiger partial charge is 0.232 e. The van der Waals surface area contributed by atoms with Gasteiger partial charge in [0.05, 0.1) is 28.5 Å². The highest BCUT2D eigenvalue weighted by molar-refractivity contribution is 7.92. The fourth-order valence-electron chi connectivity index (χ4n) is 2.49. The fourth-order valence-corrected chi connectivity index (χ4v) is 3.86. The molecule has 1 amide bonds. The molecule has 0 aliphatic rings. The molecule has 2 aromatic rings. The van der Waals surface area contributed by atoms with Gasteiger partial charge < -0.3 is 10.1 Å². The molecule has 158 valence electrons. The maximum Gasteiger partial charge on any atom is 0.232 e. The molecule has 10 heteroatoms. The van der Waals surface area contributed by atoms with Crippen molar-refractivity contribution in [2.45, 2.75) is 12.8 Å². The SMILES string of the molecule is CS(=O)(=O)N(CCCC(=O)NCCOc1ccc(Cl)cc1)c1ccc(Cl)c(Cl)c1. The largest absolute Gasteiger partial charge is 0.492 e. The summed E-state index contributed by atoms with van der Waals surface area (Å²) >= 11 is 17.7. The molecule has 0 heterocycles. The summed E-state index contributed by atoms with van der Waals surface area (Å²) in [6, 6.07) is 11.5. The molecule has 2 aromatic carbocycles. The van der Waals surface area contributed by atoms with E-state index < -0.39 is 10.0 Å². The van der Waals surface area contributed by atoms with Gasteiger partial charge in [-0.15, -0.1) is 0 Å². The van der Waals surface area contributed by atoms with Gasteiger partial charge in [-0.2, -0.15) is 0 Å². The molecule has 0 aliphatic carbocycles. The molecule has 0 saturated carbocycles. The Bertz CT molecular complexity index is 937. The number of carbonyl (C=O) groups is 1. The Morgan fingerprint density at radius 1 is 1.07 bits per heavy atom. The van der Waals surface area contributed by atoms with Gasteiger partial charge in [-0.25, -0.2) is 8.42 Å². The van der Waals surface area contributed by atoms with Crippen molar-refractivity contribution in [3.63, 3.8) is 0 Å². The van der Waals surface area contributed by atoms with Gasteiger partial charge in [0.2, 0.25) is 15.9 Å². The molecule has 0 spiro atoms. The summed E-state index contributed by atoms with van der Waals surface area (Å²) in [7, 11) is -3.53. The first-order chi connectivity index (χ1) is 13.7. The maximum absolute atomic E-state index is 12.1. The highest BCUT2D eigenvalue weighted by Gasteiger charge is 2.18. The Balaban J connectivity index is 1.77. The molecule has 0 unspecified atom stereocenters. The number of rotatable bonds is 10. The van der Waals surface area contributed by atoms with E-state index in [-0.39, 0.29) is 23.9 Å². The van der Waals surface area contributed by atoms with Crippen LogP contribution in [0.3, 0.4) is 0 Å². The first-order valence-corrected chi connectivity index (χ1v) is 11.7. The van der Waals surface area contributed by atoms with Crippen molar-refractivity contribution in [3.05, 3.63) is 57.5 Å². The molecule has 0 saturated heterocycles. The topological polar surface area (TPSA) is 75.7 Å². The lowest BCUT2D eigenvalue weighted by Gasteiger charge is -2.22. The third-order valence-corrected chi connectivity index (χ3v) is 6.05. The summed E-state index contributed by atoms with van der Waals surface area (Å²) in [6.07, 6.45) is 1.62. The van der Waals surface area contributed by atoms with Crippen LogP contribution in [0, 0.1) is 0 Å². The van der Waals surface area contributed by atoms with Crippen molar-refractivity contribution >= 4 is 56.4 Å². The molecule has 0 aromatic heterocycles. The van der Waals surface area contributed by atoms with E-state index in [2.05, 4.69) is 5.32 Å². The molecule has 0 atom stereocenters. The fraction of sp³-hybridized carbons (Fsp3) is 0.316. The minimum Gasteiger partial charge on any atom is -0.492 e. The predicted molar refractivity (Wildman–Crippen MR) is 118 cm³/mol. The van der Waals surface area contributed by atoms with Crippen molar-refractivity contribution in [1.82, 2.24) is 5.32 Å². The molecule has 2 rings (SSSR count). The minimum atomic E-state index is -3.53. The van der Waals surface area contributed by atoms with Gasteiger partial charge in [-0.3, -0.25) is 9.10 Å². The highest BCUT2D eigenvalue weighted by atomic mass is 35.5. The van der Waals surface area contributed by atoms with Gasteiger partial charge in [0, 0.05) is 18.0 Å². The molecular weight excluding hydrogens is 459 g/mol.